The lowest BCUT2D eigenvalue weighted by Gasteiger charge is -2.32. The number of ether oxygens (including phenoxy) is 1. The van der Waals surface area contributed by atoms with Crippen LogP contribution in [0.3, 0.4) is 0 Å². The van der Waals surface area contributed by atoms with E-state index in [9.17, 15) is 9.59 Å². The van der Waals surface area contributed by atoms with Crippen LogP contribution >= 0.6 is 0 Å². The maximum atomic E-state index is 12.0. The summed E-state index contributed by atoms with van der Waals surface area (Å²) in [6.45, 7) is 7.07. The van der Waals surface area contributed by atoms with Gasteiger partial charge in [0.1, 0.15) is 5.82 Å². The van der Waals surface area contributed by atoms with Gasteiger partial charge in [-0.15, -0.1) is 0 Å². The first-order chi connectivity index (χ1) is 16.0. The second-order valence-electron chi connectivity index (χ2n) is 8.38. The van der Waals surface area contributed by atoms with Gasteiger partial charge in [0.25, 0.3) is 5.91 Å². The number of primary amides is 1. The van der Waals surface area contributed by atoms with E-state index in [1.165, 1.54) is 12.3 Å². The first-order valence-electron chi connectivity index (χ1n) is 11.2. The zero-order valence-corrected chi connectivity index (χ0v) is 18.6. The highest BCUT2D eigenvalue weighted by molar-refractivity contribution is 5.97. The van der Waals surface area contributed by atoms with Crippen LogP contribution in [0.4, 0.5) is 17.5 Å². The molecule has 1 atom stereocenters. The molecule has 4 heterocycles. The molecule has 11 heteroatoms. The van der Waals surface area contributed by atoms with Crippen molar-refractivity contribution in [3.8, 4) is 0 Å². The molecule has 11 nitrogen and oxygen atoms in total. The summed E-state index contributed by atoms with van der Waals surface area (Å²) in [7, 11) is 0. The van der Waals surface area contributed by atoms with Crippen molar-refractivity contribution in [2.45, 2.75) is 31.7 Å². The van der Waals surface area contributed by atoms with Crippen LogP contribution in [-0.4, -0.2) is 69.3 Å². The van der Waals surface area contributed by atoms with E-state index in [4.69, 9.17) is 10.5 Å². The predicted octanol–water partition coefficient (Wildman–Crippen LogP) is 1.70. The average molecular weight is 455 g/mol. The largest absolute Gasteiger partial charge is 0.381 e. The van der Waals surface area contributed by atoms with Crippen LogP contribution in [-0.2, 0) is 9.53 Å². The van der Waals surface area contributed by atoms with Crippen molar-refractivity contribution >= 4 is 29.3 Å². The fourth-order valence-corrected chi connectivity index (χ4v) is 4.18. The summed E-state index contributed by atoms with van der Waals surface area (Å²) in [5, 5.41) is 10.8. The number of hydrogen-bond donors (Lipinski definition) is 3. The summed E-state index contributed by atoms with van der Waals surface area (Å²) >= 11 is 0. The van der Waals surface area contributed by atoms with Crippen molar-refractivity contribution in [1.29, 1.82) is 0 Å². The number of anilines is 3. The SMILES string of the molecule is C=CC(=O)N1CCCC(n2cc(Nc3ncc(C(N)=O)c(NCC4CCOCC4)n3)cn2)C1. The van der Waals surface area contributed by atoms with Crippen molar-refractivity contribution in [3.63, 3.8) is 0 Å². The lowest BCUT2D eigenvalue weighted by molar-refractivity contribution is -0.127. The zero-order valence-electron chi connectivity index (χ0n) is 18.6. The van der Waals surface area contributed by atoms with Crippen LogP contribution in [0.25, 0.3) is 0 Å². The number of carbonyl (C=O) groups excluding carboxylic acids is 2. The molecule has 0 aliphatic carbocycles. The van der Waals surface area contributed by atoms with Gasteiger partial charge in [0.05, 0.1) is 23.5 Å². The maximum absolute atomic E-state index is 12.0. The van der Waals surface area contributed by atoms with E-state index in [-0.39, 0.29) is 17.5 Å². The number of nitrogens with zero attached hydrogens (tertiary/aromatic N) is 5. The van der Waals surface area contributed by atoms with E-state index in [0.717, 1.165) is 45.4 Å². The Hall–Kier alpha value is -3.47. The average Bonchev–Trinajstić information content (AvgIpc) is 3.31. The Labute approximate surface area is 192 Å². The third kappa shape index (κ3) is 5.67. The Kier molecular flexibility index (Phi) is 7.18. The van der Waals surface area contributed by atoms with Gasteiger partial charge >= 0.3 is 0 Å². The smallest absolute Gasteiger partial charge is 0.254 e. The van der Waals surface area contributed by atoms with Crippen molar-refractivity contribution in [2.24, 2.45) is 11.7 Å². The topological polar surface area (TPSA) is 140 Å². The number of carbonyl (C=O) groups is 2. The number of hydrogen-bond acceptors (Lipinski definition) is 8. The Morgan fingerprint density at radius 3 is 2.85 bits per heavy atom. The minimum atomic E-state index is -0.584. The van der Waals surface area contributed by atoms with Crippen molar-refractivity contribution in [2.75, 3.05) is 43.5 Å². The van der Waals surface area contributed by atoms with Gasteiger partial charge in [-0.3, -0.25) is 14.3 Å². The van der Waals surface area contributed by atoms with E-state index in [1.54, 1.807) is 11.1 Å². The zero-order chi connectivity index (χ0) is 23.2. The van der Waals surface area contributed by atoms with Gasteiger partial charge in [-0.1, -0.05) is 6.58 Å². The number of amides is 2. The van der Waals surface area contributed by atoms with Crippen molar-refractivity contribution < 1.29 is 14.3 Å². The summed E-state index contributed by atoms with van der Waals surface area (Å²) in [5.41, 5.74) is 6.47. The van der Waals surface area contributed by atoms with Gasteiger partial charge in [0.2, 0.25) is 11.9 Å². The third-order valence-corrected chi connectivity index (χ3v) is 6.07. The lowest BCUT2D eigenvalue weighted by atomic mass is 10.0. The van der Waals surface area contributed by atoms with E-state index in [2.05, 4.69) is 32.3 Å². The van der Waals surface area contributed by atoms with E-state index >= 15 is 0 Å². The highest BCUT2D eigenvalue weighted by Crippen LogP contribution is 2.24. The van der Waals surface area contributed by atoms with Crippen LogP contribution in [0.2, 0.25) is 0 Å². The molecular weight excluding hydrogens is 424 g/mol. The van der Waals surface area contributed by atoms with Crippen LogP contribution in [0.5, 0.6) is 0 Å². The molecule has 0 saturated carbocycles. The predicted molar refractivity (Wildman–Crippen MR) is 123 cm³/mol. The standard InChI is InChI=1S/C22H30N8O3/c1-2-19(31)29-7-3-4-17(14-29)30-13-16(11-26-30)27-22-25-12-18(20(23)32)21(28-22)24-10-15-5-8-33-9-6-15/h2,11-13,15,17H,1,3-10,14H2,(H2,23,32)(H2,24,25,27,28). The first-order valence-corrected chi connectivity index (χ1v) is 11.2. The lowest BCUT2D eigenvalue weighted by Crippen LogP contribution is -2.39. The van der Waals surface area contributed by atoms with Gasteiger partial charge in [-0.25, -0.2) is 4.98 Å². The molecule has 2 saturated heterocycles. The molecule has 0 spiro atoms. The molecule has 0 bridgehead atoms. The molecule has 0 aromatic carbocycles. The summed E-state index contributed by atoms with van der Waals surface area (Å²) in [6, 6.07) is 0.0908. The monoisotopic (exact) mass is 454 g/mol. The fraction of sp³-hybridized carbons (Fsp3) is 0.500. The fourth-order valence-electron chi connectivity index (χ4n) is 4.18. The number of rotatable bonds is 8. The second kappa shape index (κ2) is 10.4. The van der Waals surface area contributed by atoms with Gasteiger partial charge in [0, 0.05) is 45.2 Å². The number of piperidine rings is 1. The highest BCUT2D eigenvalue weighted by atomic mass is 16.5. The van der Waals surface area contributed by atoms with Gasteiger partial charge in [-0.05, 0) is 37.7 Å². The number of nitrogens with one attached hydrogen (secondary N) is 2. The van der Waals surface area contributed by atoms with E-state index in [0.29, 0.717) is 36.5 Å². The molecule has 176 valence electrons. The first kappa shape index (κ1) is 22.7. The third-order valence-electron chi connectivity index (χ3n) is 6.07. The molecule has 2 aliphatic heterocycles. The van der Waals surface area contributed by atoms with Gasteiger partial charge in [0.15, 0.2) is 0 Å². The molecule has 33 heavy (non-hydrogen) atoms. The maximum Gasteiger partial charge on any atom is 0.254 e. The number of aromatic nitrogens is 4. The van der Waals surface area contributed by atoms with Crippen LogP contribution in [0.1, 0.15) is 42.1 Å². The molecular formula is C22H30N8O3. The summed E-state index contributed by atoms with van der Waals surface area (Å²) < 4.78 is 7.25. The van der Waals surface area contributed by atoms with E-state index < -0.39 is 5.91 Å². The summed E-state index contributed by atoms with van der Waals surface area (Å²) in [5.74, 6) is 0.548. The number of nitrogens with two attached hydrogens (primary N) is 1. The van der Waals surface area contributed by atoms with E-state index in [1.807, 2.05) is 10.9 Å². The van der Waals surface area contributed by atoms with Gasteiger partial charge in [-0.2, -0.15) is 10.1 Å². The quantitative estimate of drug-likeness (QED) is 0.512. The molecule has 4 rings (SSSR count). The van der Waals surface area contributed by atoms with Crippen molar-refractivity contribution in [3.05, 3.63) is 36.8 Å². The Balaban J connectivity index is 1.43. The van der Waals surface area contributed by atoms with Crippen LogP contribution in [0, 0.1) is 5.92 Å². The Bertz CT molecular complexity index is 1000. The molecule has 2 fully saturated rings. The molecule has 0 radical (unpaired) electrons. The number of likely N-dealkylation sites (tertiary alicyclic amines) is 1. The van der Waals surface area contributed by atoms with Crippen LogP contribution in [0.15, 0.2) is 31.2 Å². The second-order valence-corrected chi connectivity index (χ2v) is 8.38. The highest BCUT2D eigenvalue weighted by Gasteiger charge is 2.24. The molecule has 2 aromatic rings. The Morgan fingerprint density at radius 1 is 1.27 bits per heavy atom. The summed E-state index contributed by atoms with van der Waals surface area (Å²) in [6.07, 6.45) is 10.1. The molecule has 2 aliphatic rings. The Morgan fingerprint density at radius 2 is 2.09 bits per heavy atom. The molecule has 4 N–H and O–H groups in total. The minimum absolute atomic E-state index is 0.0612. The molecule has 1 unspecified atom stereocenters. The van der Waals surface area contributed by atoms with Crippen LogP contribution < -0.4 is 16.4 Å². The van der Waals surface area contributed by atoms with Crippen molar-refractivity contribution in [1.82, 2.24) is 24.6 Å². The van der Waals surface area contributed by atoms with Gasteiger partial charge < -0.3 is 26.0 Å². The summed E-state index contributed by atoms with van der Waals surface area (Å²) in [4.78, 5) is 34.3. The molecule has 2 aromatic heterocycles. The normalized spacial score (nSPS) is 19.2. The minimum Gasteiger partial charge on any atom is -0.381 e. The molecule has 2 amide bonds.